The molecule has 19 heavy (non-hydrogen) atoms. The molecule has 0 unspecified atom stereocenters. The number of nitrogens with one attached hydrogen (secondary N) is 1. The molecule has 2 aromatic rings. The van der Waals surface area contributed by atoms with E-state index < -0.39 is 0 Å². The van der Waals surface area contributed by atoms with E-state index in [4.69, 9.17) is 21.1 Å². The summed E-state index contributed by atoms with van der Waals surface area (Å²) in [6.07, 6.45) is 0. The normalized spacial score (nSPS) is 10.3. The molecule has 1 N–H and O–H groups in total. The van der Waals surface area contributed by atoms with Gasteiger partial charge in [-0.3, -0.25) is 0 Å². The van der Waals surface area contributed by atoms with Gasteiger partial charge in [0.15, 0.2) is 5.82 Å². The minimum Gasteiger partial charge on any atom is -0.437 e. The van der Waals surface area contributed by atoms with Crippen LogP contribution in [0.15, 0.2) is 30.3 Å². The van der Waals surface area contributed by atoms with E-state index in [2.05, 4.69) is 15.3 Å². The average molecular weight is 280 g/mol. The lowest BCUT2D eigenvalue weighted by atomic mass is 10.3. The van der Waals surface area contributed by atoms with Gasteiger partial charge in [0.25, 0.3) is 0 Å². The smallest absolute Gasteiger partial charge is 0.224 e. The van der Waals surface area contributed by atoms with E-state index in [1.807, 2.05) is 12.1 Å². The van der Waals surface area contributed by atoms with Crippen LogP contribution in [0.2, 0.25) is 5.02 Å². The number of halogens is 1. The molecule has 0 saturated carbocycles. The largest absolute Gasteiger partial charge is 0.437 e. The molecule has 2 rings (SSSR count). The Balaban J connectivity index is 2.29. The van der Waals surface area contributed by atoms with Crippen LogP contribution in [-0.4, -0.2) is 24.1 Å². The standard InChI is InChI=1S/C13H14ClN3O2/c1-15-11-7-13(17-12(16-11)8-18-2)19-10-6-4-3-5-9(10)14/h3-7H,8H2,1-2H3,(H,15,16,17). The van der Waals surface area contributed by atoms with Crippen LogP contribution in [0.4, 0.5) is 5.82 Å². The van der Waals surface area contributed by atoms with Gasteiger partial charge < -0.3 is 14.8 Å². The Bertz CT molecular complexity index is 563. The van der Waals surface area contributed by atoms with Crippen LogP contribution in [0.25, 0.3) is 0 Å². The van der Waals surface area contributed by atoms with E-state index in [1.54, 1.807) is 32.4 Å². The summed E-state index contributed by atoms with van der Waals surface area (Å²) in [6.45, 7) is 0.314. The van der Waals surface area contributed by atoms with Gasteiger partial charge in [0, 0.05) is 20.2 Å². The van der Waals surface area contributed by atoms with Gasteiger partial charge in [0.05, 0.1) is 5.02 Å². The Hall–Kier alpha value is -1.85. The van der Waals surface area contributed by atoms with Crippen molar-refractivity contribution in [2.24, 2.45) is 0 Å². The number of aromatic nitrogens is 2. The maximum atomic E-state index is 6.04. The Morgan fingerprint density at radius 1 is 1.26 bits per heavy atom. The topological polar surface area (TPSA) is 56.3 Å². The van der Waals surface area contributed by atoms with Gasteiger partial charge in [-0.1, -0.05) is 23.7 Å². The first kappa shape index (κ1) is 13.6. The molecule has 1 aromatic carbocycles. The first-order valence-electron chi connectivity index (χ1n) is 5.70. The van der Waals surface area contributed by atoms with E-state index in [0.29, 0.717) is 34.9 Å². The number of hydrogen-bond acceptors (Lipinski definition) is 5. The first-order chi connectivity index (χ1) is 9.22. The summed E-state index contributed by atoms with van der Waals surface area (Å²) in [6, 6.07) is 8.91. The fraction of sp³-hybridized carbons (Fsp3) is 0.231. The number of hydrogen-bond donors (Lipinski definition) is 1. The van der Waals surface area contributed by atoms with Crippen LogP contribution in [0.3, 0.4) is 0 Å². The summed E-state index contributed by atoms with van der Waals surface area (Å²) in [5, 5.41) is 3.48. The van der Waals surface area contributed by atoms with Crippen molar-refractivity contribution < 1.29 is 9.47 Å². The number of ether oxygens (including phenoxy) is 2. The summed E-state index contributed by atoms with van der Waals surface area (Å²) >= 11 is 6.04. The van der Waals surface area contributed by atoms with E-state index in [-0.39, 0.29) is 0 Å². The lowest BCUT2D eigenvalue weighted by molar-refractivity contribution is 0.177. The Morgan fingerprint density at radius 3 is 2.74 bits per heavy atom. The Kier molecular flexibility index (Phi) is 4.54. The summed E-state index contributed by atoms with van der Waals surface area (Å²) in [4.78, 5) is 8.50. The molecular formula is C13H14ClN3O2. The quantitative estimate of drug-likeness (QED) is 0.911. The molecule has 0 atom stereocenters. The average Bonchev–Trinajstić information content (AvgIpc) is 2.41. The Labute approximate surface area is 116 Å². The van der Waals surface area contributed by atoms with Gasteiger partial charge in [-0.15, -0.1) is 0 Å². The van der Waals surface area contributed by atoms with Crippen molar-refractivity contribution in [1.29, 1.82) is 0 Å². The van der Waals surface area contributed by atoms with Crippen molar-refractivity contribution in [3.63, 3.8) is 0 Å². The van der Waals surface area contributed by atoms with Gasteiger partial charge in [-0.25, -0.2) is 4.98 Å². The van der Waals surface area contributed by atoms with Gasteiger partial charge in [-0.05, 0) is 12.1 Å². The molecule has 0 amide bonds. The van der Waals surface area contributed by atoms with Crippen molar-refractivity contribution in [1.82, 2.24) is 9.97 Å². The third kappa shape index (κ3) is 3.56. The van der Waals surface area contributed by atoms with Crippen LogP contribution in [0.5, 0.6) is 11.6 Å². The second-order valence-electron chi connectivity index (χ2n) is 3.72. The number of benzene rings is 1. The first-order valence-corrected chi connectivity index (χ1v) is 6.07. The van der Waals surface area contributed by atoms with E-state index in [0.717, 1.165) is 0 Å². The van der Waals surface area contributed by atoms with Crippen LogP contribution < -0.4 is 10.1 Å². The minimum atomic E-state index is 0.314. The minimum absolute atomic E-state index is 0.314. The lowest BCUT2D eigenvalue weighted by Crippen LogP contribution is -2.03. The van der Waals surface area contributed by atoms with Gasteiger partial charge in [0.1, 0.15) is 18.2 Å². The molecule has 0 aliphatic carbocycles. The fourth-order valence-electron chi connectivity index (χ4n) is 1.49. The van der Waals surface area contributed by atoms with Crippen molar-refractivity contribution in [3.8, 4) is 11.6 Å². The predicted octanol–water partition coefficient (Wildman–Crippen LogP) is 3.11. The second-order valence-corrected chi connectivity index (χ2v) is 4.13. The number of nitrogens with zero attached hydrogens (tertiary/aromatic N) is 2. The highest BCUT2D eigenvalue weighted by Crippen LogP contribution is 2.28. The summed E-state index contributed by atoms with van der Waals surface area (Å²) in [5.74, 6) is 2.16. The summed E-state index contributed by atoms with van der Waals surface area (Å²) in [7, 11) is 3.36. The maximum Gasteiger partial charge on any atom is 0.224 e. The molecule has 1 aromatic heterocycles. The molecule has 0 fully saturated rings. The molecule has 0 aliphatic rings. The van der Waals surface area contributed by atoms with Crippen molar-refractivity contribution in [2.45, 2.75) is 6.61 Å². The molecule has 5 nitrogen and oxygen atoms in total. The third-order valence-corrected chi connectivity index (χ3v) is 2.64. The van der Waals surface area contributed by atoms with Crippen molar-refractivity contribution in [3.05, 3.63) is 41.2 Å². The SMILES string of the molecule is CNc1cc(Oc2ccccc2Cl)nc(COC)n1. The zero-order valence-electron chi connectivity index (χ0n) is 10.7. The van der Waals surface area contributed by atoms with Crippen molar-refractivity contribution in [2.75, 3.05) is 19.5 Å². The molecular weight excluding hydrogens is 266 g/mol. The van der Waals surface area contributed by atoms with Crippen LogP contribution >= 0.6 is 11.6 Å². The Morgan fingerprint density at radius 2 is 2.05 bits per heavy atom. The summed E-state index contributed by atoms with van der Waals surface area (Å²) in [5.41, 5.74) is 0. The van der Waals surface area contributed by atoms with Crippen LogP contribution in [0.1, 0.15) is 5.82 Å². The molecule has 6 heteroatoms. The number of anilines is 1. The fourth-order valence-corrected chi connectivity index (χ4v) is 1.66. The van der Waals surface area contributed by atoms with Gasteiger partial charge in [0.2, 0.25) is 5.88 Å². The van der Waals surface area contributed by atoms with Crippen LogP contribution in [-0.2, 0) is 11.3 Å². The highest BCUT2D eigenvalue weighted by atomic mass is 35.5. The lowest BCUT2D eigenvalue weighted by Gasteiger charge is -2.09. The van der Waals surface area contributed by atoms with Crippen molar-refractivity contribution >= 4 is 17.4 Å². The molecule has 0 spiro atoms. The van der Waals surface area contributed by atoms with E-state index in [1.165, 1.54) is 0 Å². The third-order valence-electron chi connectivity index (χ3n) is 2.33. The van der Waals surface area contributed by atoms with Gasteiger partial charge in [-0.2, -0.15) is 4.98 Å². The second kappa shape index (κ2) is 6.36. The highest BCUT2D eigenvalue weighted by molar-refractivity contribution is 6.32. The number of para-hydroxylation sites is 1. The zero-order chi connectivity index (χ0) is 13.7. The van der Waals surface area contributed by atoms with E-state index in [9.17, 15) is 0 Å². The molecule has 1 heterocycles. The van der Waals surface area contributed by atoms with E-state index >= 15 is 0 Å². The summed E-state index contributed by atoms with van der Waals surface area (Å²) < 4.78 is 10.7. The highest BCUT2D eigenvalue weighted by Gasteiger charge is 2.07. The van der Waals surface area contributed by atoms with Crippen LogP contribution in [0, 0.1) is 0 Å². The van der Waals surface area contributed by atoms with Gasteiger partial charge >= 0.3 is 0 Å². The maximum absolute atomic E-state index is 6.04. The number of methoxy groups -OCH3 is 1. The molecule has 0 aliphatic heterocycles. The molecule has 0 saturated heterocycles. The molecule has 0 bridgehead atoms. The molecule has 0 radical (unpaired) electrons. The number of rotatable bonds is 5. The molecule has 100 valence electrons. The zero-order valence-corrected chi connectivity index (χ0v) is 11.4. The predicted molar refractivity (Wildman–Crippen MR) is 73.8 cm³/mol. The monoisotopic (exact) mass is 279 g/mol.